The molecule has 2 unspecified atom stereocenters. The Labute approximate surface area is 116 Å². The third-order valence-corrected chi connectivity index (χ3v) is 5.00. The van der Waals surface area contributed by atoms with Crippen LogP contribution in [0.5, 0.6) is 0 Å². The van der Waals surface area contributed by atoms with E-state index in [4.69, 9.17) is 5.73 Å². The van der Waals surface area contributed by atoms with E-state index in [1.54, 1.807) is 0 Å². The van der Waals surface area contributed by atoms with E-state index in [2.05, 4.69) is 46.1 Å². The van der Waals surface area contributed by atoms with Crippen molar-refractivity contribution in [2.24, 2.45) is 5.73 Å². The molecule has 2 rings (SSSR count). The smallest absolute Gasteiger partial charge is 0.0593 e. The highest BCUT2D eigenvalue weighted by atomic mass is 79.9. The maximum Gasteiger partial charge on any atom is 0.0593 e. The van der Waals surface area contributed by atoms with Gasteiger partial charge in [0.1, 0.15) is 0 Å². The summed E-state index contributed by atoms with van der Waals surface area (Å²) in [5.41, 5.74) is 6.22. The van der Waals surface area contributed by atoms with Gasteiger partial charge in [0, 0.05) is 26.8 Å². The third-order valence-electron chi connectivity index (χ3n) is 3.23. The fourth-order valence-corrected chi connectivity index (χ4v) is 4.10. The van der Waals surface area contributed by atoms with Gasteiger partial charge in [0.25, 0.3) is 0 Å². The molecule has 0 saturated heterocycles. The van der Waals surface area contributed by atoms with Crippen molar-refractivity contribution in [3.8, 4) is 0 Å². The number of rotatable bonds is 6. The summed E-state index contributed by atoms with van der Waals surface area (Å²) in [6.45, 7) is 5.54. The molecule has 2 nitrogen and oxygen atoms in total. The van der Waals surface area contributed by atoms with Gasteiger partial charge < -0.3 is 5.73 Å². The van der Waals surface area contributed by atoms with Gasteiger partial charge >= 0.3 is 0 Å². The Morgan fingerprint density at radius 1 is 1.59 bits per heavy atom. The van der Waals surface area contributed by atoms with E-state index in [1.807, 2.05) is 11.3 Å². The molecule has 1 aliphatic rings. The summed E-state index contributed by atoms with van der Waals surface area (Å²) in [5, 5.41) is 2.15. The molecule has 1 heterocycles. The molecule has 1 saturated carbocycles. The van der Waals surface area contributed by atoms with Gasteiger partial charge in [0.15, 0.2) is 0 Å². The summed E-state index contributed by atoms with van der Waals surface area (Å²) >= 11 is 5.36. The SMILES string of the molecule is CCCN(C1CC1)C(c1cc(Br)cs1)C(C)N. The molecule has 17 heavy (non-hydrogen) atoms. The molecule has 0 aliphatic heterocycles. The molecule has 96 valence electrons. The van der Waals surface area contributed by atoms with E-state index in [0.717, 1.165) is 12.6 Å². The number of thiophene rings is 1. The number of nitrogens with two attached hydrogens (primary N) is 1. The van der Waals surface area contributed by atoms with Crippen molar-refractivity contribution >= 4 is 27.3 Å². The molecule has 0 bridgehead atoms. The molecule has 0 aromatic carbocycles. The van der Waals surface area contributed by atoms with Crippen LogP contribution < -0.4 is 5.73 Å². The minimum Gasteiger partial charge on any atom is -0.326 e. The van der Waals surface area contributed by atoms with Gasteiger partial charge in [0.2, 0.25) is 0 Å². The van der Waals surface area contributed by atoms with E-state index in [1.165, 1.54) is 28.6 Å². The first-order valence-corrected chi connectivity index (χ1v) is 8.06. The van der Waals surface area contributed by atoms with Crippen molar-refractivity contribution < 1.29 is 0 Å². The molecule has 2 N–H and O–H groups in total. The first-order chi connectivity index (χ1) is 8.13. The standard InChI is InChI=1S/C13H21BrN2S/c1-3-6-16(11-4-5-11)13(9(2)15)12-7-10(14)8-17-12/h7-9,11,13H,3-6,15H2,1-2H3. The molecule has 1 aliphatic carbocycles. The van der Waals surface area contributed by atoms with Crippen LogP contribution in [0, 0.1) is 0 Å². The second kappa shape index (κ2) is 5.83. The predicted molar refractivity (Wildman–Crippen MR) is 78.4 cm³/mol. The number of halogens is 1. The zero-order chi connectivity index (χ0) is 12.4. The first-order valence-electron chi connectivity index (χ1n) is 6.38. The molecule has 0 radical (unpaired) electrons. The summed E-state index contributed by atoms with van der Waals surface area (Å²) in [5.74, 6) is 0. The van der Waals surface area contributed by atoms with Gasteiger partial charge in [-0.25, -0.2) is 0 Å². The van der Waals surface area contributed by atoms with Crippen molar-refractivity contribution in [3.05, 3.63) is 20.8 Å². The predicted octanol–water partition coefficient (Wildman–Crippen LogP) is 3.77. The Bertz CT molecular complexity index is 360. The Morgan fingerprint density at radius 3 is 2.71 bits per heavy atom. The van der Waals surface area contributed by atoms with Gasteiger partial charge in [-0.2, -0.15) is 0 Å². The lowest BCUT2D eigenvalue weighted by molar-refractivity contribution is 0.169. The zero-order valence-electron chi connectivity index (χ0n) is 10.5. The van der Waals surface area contributed by atoms with Crippen LogP contribution in [0.25, 0.3) is 0 Å². The topological polar surface area (TPSA) is 29.3 Å². The lowest BCUT2D eigenvalue weighted by atomic mass is 10.1. The maximum absolute atomic E-state index is 6.22. The van der Waals surface area contributed by atoms with Crippen molar-refractivity contribution in [2.45, 2.75) is 51.2 Å². The summed E-state index contributed by atoms with van der Waals surface area (Å²) in [7, 11) is 0. The van der Waals surface area contributed by atoms with Gasteiger partial charge in [0.05, 0.1) is 6.04 Å². The van der Waals surface area contributed by atoms with Crippen LogP contribution in [0.3, 0.4) is 0 Å². The molecular formula is C13H21BrN2S. The normalized spacial score (nSPS) is 19.6. The van der Waals surface area contributed by atoms with E-state index < -0.39 is 0 Å². The molecule has 0 amide bonds. The summed E-state index contributed by atoms with van der Waals surface area (Å²) < 4.78 is 1.18. The van der Waals surface area contributed by atoms with Crippen LogP contribution in [0.4, 0.5) is 0 Å². The van der Waals surface area contributed by atoms with E-state index in [-0.39, 0.29) is 6.04 Å². The van der Waals surface area contributed by atoms with E-state index in [0.29, 0.717) is 6.04 Å². The van der Waals surface area contributed by atoms with Crippen LogP contribution in [-0.4, -0.2) is 23.5 Å². The number of nitrogens with zero attached hydrogens (tertiary/aromatic N) is 1. The maximum atomic E-state index is 6.22. The number of hydrogen-bond acceptors (Lipinski definition) is 3. The van der Waals surface area contributed by atoms with Gasteiger partial charge in [-0.15, -0.1) is 11.3 Å². The fraction of sp³-hybridized carbons (Fsp3) is 0.692. The molecule has 4 heteroatoms. The van der Waals surface area contributed by atoms with Crippen LogP contribution in [0.2, 0.25) is 0 Å². The van der Waals surface area contributed by atoms with Crippen molar-refractivity contribution in [3.63, 3.8) is 0 Å². The zero-order valence-corrected chi connectivity index (χ0v) is 12.9. The molecule has 1 aromatic rings. The molecule has 2 atom stereocenters. The highest BCUT2D eigenvalue weighted by Gasteiger charge is 2.36. The molecule has 1 fully saturated rings. The van der Waals surface area contributed by atoms with Gasteiger partial charge in [-0.05, 0) is 54.7 Å². The molecule has 0 spiro atoms. The minimum absolute atomic E-state index is 0.188. The number of hydrogen-bond donors (Lipinski definition) is 1. The Hall–Kier alpha value is 0.1000. The van der Waals surface area contributed by atoms with Crippen molar-refractivity contribution in [1.82, 2.24) is 4.90 Å². The molecule has 1 aromatic heterocycles. The van der Waals surface area contributed by atoms with Crippen molar-refractivity contribution in [1.29, 1.82) is 0 Å². The largest absolute Gasteiger partial charge is 0.326 e. The minimum atomic E-state index is 0.188. The monoisotopic (exact) mass is 316 g/mol. The molecular weight excluding hydrogens is 296 g/mol. The third kappa shape index (κ3) is 3.31. The van der Waals surface area contributed by atoms with Crippen LogP contribution in [-0.2, 0) is 0 Å². The van der Waals surface area contributed by atoms with Gasteiger partial charge in [-0.1, -0.05) is 6.92 Å². The van der Waals surface area contributed by atoms with Gasteiger partial charge in [-0.3, -0.25) is 4.90 Å². The summed E-state index contributed by atoms with van der Waals surface area (Å²) in [6.07, 6.45) is 3.89. The Balaban J connectivity index is 2.20. The average Bonchev–Trinajstić information content (AvgIpc) is 3.02. The second-order valence-corrected chi connectivity index (χ2v) is 6.80. The van der Waals surface area contributed by atoms with E-state index >= 15 is 0 Å². The van der Waals surface area contributed by atoms with Crippen LogP contribution in [0.1, 0.15) is 44.0 Å². The lowest BCUT2D eigenvalue weighted by Gasteiger charge is -2.33. The average molecular weight is 317 g/mol. The summed E-state index contributed by atoms with van der Waals surface area (Å²) in [4.78, 5) is 4.01. The second-order valence-electron chi connectivity index (χ2n) is 4.94. The Morgan fingerprint density at radius 2 is 2.29 bits per heavy atom. The highest BCUT2D eigenvalue weighted by molar-refractivity contribution is 9.10. The van der Waals surface area contributed by atoms with Crippen molar-refractivity contribution in [2.75, 3.05) is 6.54 Å². The summed E-state index contributed by atoms with van der Waals surface area (Å²) in [6, 6.07) is 3.57. The van der Waals surface area contributed by atoms with Crippen LogP contribution in [0.15, 0.2) is 15.9 Å². The van der Waals surface area contributed by atoms with E-state index in [9.17, 15) is 0 Å². The quantitative estimate of drug-likeness (QED) is 0.865. The fourth-order valence-electron chi connectivity index (χ4n) is 2.42. The first kappa shape index (κ1) is 13.5. The Kier molecular flexibility index (Phi) is 4.64. The highest BCUT2D eigenvalue weighted by Crippen LogP contribution is 2.38. The van der Waals surface area contributed by atoms with Crippen LogP contribution >= 0.6 is 27.3 Å². The lowest BCUT2D eigenvalue weighted by Crippen LogP contribution is -2.40.